The lowest BCUT2D eigenvalue weighted by Crippen LogP contribution is -2.54. The van der Waals surface area contributed by atoms with Crippen molar-refractivity contribution in [2.45, 2.75) is 56.5 Å². The van der Waals surface area contributed by atoms with E-state index in [2.05, 4.69) is 50.0 Å². The van der Waals surface area contributed by atoms with Crippen molar-refractivity contribution in [3.8, 4) is 5.75 Å². The Labute approximate surface area is 212 Å². The Balaban J connectivity index is 1.40. The Hall–Kier alpha value is -1.93. The normalized spacial score (nSPS) is 23.3. The van der Waals surface area contributed by atoms with Crippen LogP contribution in [0, 0.1) is 5.92 Å². The first-order valence-corrected chi connectivity index (χ1v) is 14.1. The lowest BCUT2D eigenvalue weighted by molar-refractivity contribution is 0.0390. The summed E-state index contributed by atoms with van der Waals surface area (Å²) in [5, 5.41) is 15.2. The molecule has 1 atom stereocenters. The number of likely N-dealkylation sites (tertiary alicyclic amines) is 1. The first-order valence-electron chi connectivity index (χ1n) is 13.2. The SMILES string of the molecule is COc1ccc2c3c(n(C)c2c1)[C@H](CO)N(Cc1nccs1)CC31CCN(CC2CCCC2)CC1. The standard InChI is InChI=1S/C28H38N4O2S/c1-30-23-15-21(34-2)7-8-22(23)26-27(30)24(18-33)32(17-25-29-11-14-35-25)19-28(26)9-12-31(13-10-28)16-20-5-3-4-6-20/h7-8,11,14-15,20,24,33H,3-6,9-10,12-13,16-19H2,1-2H3/t24-/m0/s1. The van der Waals surface area contributed by atoms with Crippen LogP contribution in [0.2, 0.25) is 0 Å². The van der Waals surface area contributed by atoms with Crippen molar-refractivity contribution in [2.24, 2.45) is 13.0 Å². The zero-order chi connectivity index (χ0) is 24.0. The fourth-order valence-electron chi connectivity index (χ4n) is 7.26. The summed E-state index contributed by atoms with van der Waals surface area (Å²) in [6, 6.07) is 6.49. The highest BCUT2D eigenvalue weighted by molar-refractivity contribution is 7.09. The van der Waals surface area contributed by atoms with Gasteiger partial charge in [0.15, 0.2) is 0 Å². The van der Waals surface area contributed by atoms with Gasteiger partial charge in [0.05, 0.1) is 31.8 Å². The van der Waals surface area contributed by atoms with Crippen molar-refractivity contribution >= 4 is 22.2 Å². The molecule has 35 heavy (non-hydrogen) atoms. The van der Waals surface area contributed by atoms with E-state index in [1.54, 1.807) is 18.4 Å². The van der Waals surface area contributed by atoms with Crippen LogP contribution in [0.4, 0.5) is 0 Å². The molecule has 2 aliphatic heterocycles. The summed E-state index contributed by atoms with van der Waals surface area (Å²) in [5.41, 5.74) is 4.06. The minimum absolute atomic E-state index is 0.0283. The molecule has 1 spiro atoms. The predicted molar refractivity (Wildman–Crippen MR) is 141 cm³/mol. The monoisotopic (exact) mass is 494 g/mol. The second kappa shape index (κ2) is 9.51. The Bertz CT molecular complexity index is 1160. The van der Waals surface area contributed by atoms with Crippen molar-refractivity contribution < 1.29 is 9.84 Å². The van der Waals surface area contributed by atoms with Gasteiger partial charge in [-0.15, -0.1) is 11.3 Å². The summed E-state index contributed by atoms with van der Waals surface area (Å²) in [5.74, 6) is 1.78. The molecule has 0 amide bonds. The zero-order valence-corrected chi connectivity index (χ0v) is 21.9. The minimum atomic E-state index is -0.0283. The van der Waals surface area contributed by atoms with Gasteiger partial charge in [0, 0.05) is 54.3 Å². The lowest BCUT2D eigenvalue weighted by Gasteiger charge is -2.50. The molecule has 6 rings (SSSR count). The fourth-order valence-corrected chi connectivity index (χ4v) is 7.90. The number of aryl methyl sites for hydroxylation is 1. The molecular weight excluding hydrogens is 456 g/mol. The zero-order valence-electron chi connectivity index (χ0n) is 21.1. The van der Waals surface area contributed by atoms with Crippen molar-refractivity contribution in [3.05, 3.63) is 46.0 Å². The summed E-state index contributed by atoms with van der Waals surface area (Å²) >= 11 is 1.71. The summed E-state index contributed by atoms with van der Waals surface area (Å²) in [4.78, 5) is 9.83. The maximum Gasteiger partial charge on any atom is 0.120 e. The molecule has 3 aromatic rings. The van der Waals surface area contributed by atoms with E-state index < -0.39 is 0 Å². The van der Waals surface area contributed by atoms with Crippen LogP contribution in [0.5, 0.6) is 5.75 Å². The predicted octanol–water partition coefficient (Wildman–Crippen LogP) is 4.72. The number of nitrogens with zero attached hydrogens (tertiary/aromatic N) is 4. The third-order valence-corrected chi connectivity index (χ3v) is 9.81. The molecule has 1 saturated heterocycles. The molecule has 3 aliphatic rings. The molecular formula is C28H38N4O2S. The van der Waals surface area contributed by atoms with E-state index in [9.17, 15) is 5.11 Å². The van der Waals surface area contributed by atoms with E-state index in [0.717, 1.165) is 42.9 Å². The number of ether oxygens (including phenoxy) is 1. The molecule has 1 saturated carbocycles. The van der Waals surface area contributed by atoms with Gasteiger partial charge in [0.2, 0.25) is 0 Å². The Morgan fingerprint density at radius 2 is 2.00 bits per heavy atom. The number of aliphatic hydroxyl groups is 1. The summed E-state index contributed by atoms with van der Waals surface area (Å²) in [6.07, 6.45) is 9.89. The van der Waals surface area contributed by atoms with Gasteiger partial charge in [-0.25, -0.2) is 4.98 Å². The molecule has 2 fully saturated rings. The topological polar surface area (TPSA) is 53.8 Å². The van der Waals surface area contributed by atoms with Gasteiger partial charge in [0.25, 0.3) is 0 Å². The van der Waals surface area contributed by atoms with Crippen LogP contribution in [0.1, 0.15) is 60.8 Å². The second-order valence-corrected chi connectivity index (χ2v) is 11.9. The number of hydrogen-bond donors (Lipinski definition) is 1. The summed E-state index contributed by atoms with van der Waals surface area (Å²) < 4.78 is 7.91. The van der Waals surface area contributed by atoms with Crippen molar-refractivity contribution in [1.82, 2.24) is 19.4 Å². The number of hydrogen-bond acceptors (Lipinski definition) is 6. The first kappa shape index (κ1) is 23.5. The number of thiazole rings is 1. The molecule has 188 valence electrons. The largest absolute Gasteiger partial charge is 0.497 e. The van der Waals surface area contributed by atoms with Crippen molar-refractivity contribution in [2.75, 3.05) is 39.9 Å². The molecule has 0 bridgehead atoms. The minimum Gasteiger partial charge on any atom is -0.497 e. The molecule has 7 heteroatoms. The van der Waals surface area contributed by atoms with Gasteiger partial charge >= 0.3 is 0 Å². The quantitative estimate of drug-likeness (QED) is 0.538. The van der Waals surface area contributed by atoms with Crippen LogP contribution in [-0.2, 0) is 19.0 Å². The maximum absolute atomic E-state index is 10.7. The third kappa shape index (κ3) is 4.10. The second-order valence-electron chi connectivity index (χ2n) is 11.0. The number of methoxy groups -OCH3 is 1. The molecule has 6 nitrogen and oxygen atoms in total. The van der Waals surface area contributed by atoms with Crippen LogP contribution >= 0.6 is 11.3 Å². The van der Waals surface area contributed by atoms with E-state index in [-0.39, 0.29) is 18.1 Å². The molecule has 0 radical (unpaired) electrons. The number of piperidine rings is 1. The Morgan fingerprint density at radius 1 is 1.20 bits per heavy atom. The van der Waals surface area contributed by atoms with E-state index in [1.165, 1.54) is 67.2 Å². The maximum atomic E-state index is 10.7. The van der Waals surface area contributed by atoms with Crippen LogP contribution in [0.15, 0.2) is 29.8 Å². The van der Waals surface area contributed by atoms with Gasteiger partial charge in [0.1, 0.15) is 10.8 Å². The number of aliphatic hydroxyl groups excluding tert-OH is 1. The molecule has 1 N–H and O–H groups in total. The van der Waals surface area contributed by atoms with Crippen LogP contribution in [0.3, 0.4) is 0 Å². The summed E-state index contributed by atoms with van der Waals surface area (Å²) in [6.45, 7) is 5.49. The molecule has 1 aliphatic carbocycles. The van der Waals surface area contributed by atoms with Gasteiger partial charge in [-0.2, -0.15) is 0 Å². The highest BCUT2D eigenvalue weighted by Gasteiger charge is 2.48. The van der Waals surface area contributed by atoms with E-state index >= 15 is 0 Å². The van der Waals surface area contributed by atoms with E-state index in [1.807, 2.05) is 6.20 Å². The van der Waals surface area contributed by atoms with E-state index in [0.29, 0.717) is 0 Å². The van der Waals surface area contributed by atoms with Crippen molar-refractivity contribution in [1.29, 1.82) is 0 Å². The Kier molecular flexibility index (Phi) is 6.37. The number of aromatic nitrogens is 2. The average Bonchev–Trinajstić information content (AvgIpc) is 3.64. The molecule has 2 aromatic heterocycles. The average molecular weight is 495 g/mol. The van der Waals surface area contributed by atoms with E-state index in [4.69, 9.17) is 4.74 Å². The molecule has 0 unspecified atom stereocenters. The summed E-state index contributed by atoms with van der Waals surface area (Å²) in [7, 11) is 3.90. The van der Waals surface area contributed by atoms with Gasteiger partial charge < -0.3 is 19.3 Å². The highest BCUT2D eigenvalue weighted by atomic mass is 32.1. The smallest absolute Gasteiger partial charge is 0.120 e. The molecule has 4 heterocycles. The third-order valence-electron chi connectivity index (χ3n) is 9.04. The number of benzene rings is 1. The number of rotatable bonds is 6. The van der Waals surface area contributed by atoms with Crippen LogP contribution in [0.25, 0.3) is 10.9 Å². The fraction of sp³-hybridized carbons (Fsp3) is 0.607. The van der Waals surface area contributed by atoms with Crippen molar-refractivity contribution in [3.63, 3.8) is 0 Å². The first-order chi connectivity index (χ1) is 17.1. The highest BCUT2D eigenvalue weighted by Crippen LogP contribution is 2.50. The van der Waals surface area contributed by atoms with Gasteiger partial charge in [-0.3, -0.25) is 4.90 Å². The van der Waals surface area contributed by atoms with Crippen LogP contribution in [-0.4, -0.2) is 64.4 Å². The van der Waals surface area contributed by atoms with Crippen LogP contribution < -0.4 is 4.74 Å². The molecule has 1 aromatic carbocycles. The van der Waals surface area contributed by atoms with Gasteiger partial charge in [-0.1, -0.05) is 12.8 Å². The lowest BCUT2D eigenvalue weighted by atomic mass is 9.68. The number of fused-ring (bicyclic) bond motifs is 4. The Morgan fingerprint density at radius 3 is 2.69 bits per heavy atom. The van der Waals surface area contributed by atoms with Gasteiger partial charge in [-0.05, 0) is 62.4 Å².